The van der Waals surface area contributed by atoms with E-state index in [2.05, 4.69) is 28.2 Å². The van der Waals surface area contributed by atoms with Crippen LogP contribution in [0.2, 0.25) is 0 Å². The van der Waals surface area contributed by atoms with E-state index in [9.17, 15) is 0 Å². The van der Waals surface area contributed by atoms with Gasteiger partial charge in [-0.15, -0.1) is 11.3 Å². The molecule has 0 amide bonds. The lowest BCUT2D eigenvalue weighted by Gasteiger charge is -2.21. The Labute approximate surface area is 125 Å². The Balaban J connectivity index is 1.55. The molecule has 108 valence electrons. The molecule has 1 N–H and O–H groups in total. The molecule has 1 aromatic heterocycles. The van der Waals surface area contributed by atoms with Gasteiger partial charge < -0.3 is 5.11 Å². The highest BCUT2D eigenvalue weighted by atomic mass is 32.1. The van der Waals surface area contributed by atoms with Gasteiger partial charge in [-0.3, -0.25) is 4.90 Å². The van der Waals surface area contributed by atoms with E-state index in [1.165, 1.54) is 43.6 Å². The maximum Gasteiger partial charge on any atom is 0.0540 e. The van der Waals surface area contributed by atoms with Crippen molar-refractivity contribution in [2.24, 2.45) is 11.8 Å². The van der Waals surface area contributed by atoms with Crippen LogP contribution in [0, 0.1) is 23.7 Å². The standard InChI is InChI=1S/C17H23NOS/c19-8-2-1-3-16-9-17(20-13-16)12-18(10-14-4-5-14)11-15-6-7-15/h9,13-15,19H,2,4-8,10-12H2. The minimum Gasteiger partial charge on any atom is -0.395 e. The second-order valence-electron chi connectivity index (χ2n) is 6.16. The van der Waals surface area contributed by atoms with E-state index in [4.69, 9.17) is 5.11 Å². The SMILES string of the molecule is OCCC#Cc1csc(CN(CC2CC2)CC2CC2)c1. The number of hydrogen-bond donors (Lipinski definition) is 1. The van der Waals surface area contributed by atoms with Crippen molar-refractivity contribution >= 4 is 11.3 Å². The lowest BCUT2D eigenvalue weighted by molar-refractivity contribution is 0.246. The van der Waals surface area contributed by atoms with Gasteiger partial charge in [-0.2, -0.15) is 0 Å². The van der Waals surface area contributed by atoms with Crippen molar-refractivity contribution in [2.45, 2.75) is 38.6 Å². The van der Waals surface area contributed by atoms with Crippen LogP contribution in [0.5, 0.6) is 0 Å². The fraction of sp³-hybridized carbons (Fsp3) is 0.647. The third-order valence-electron chi connectivity index (χ3n) is 3.93. The Kier molecular flexibility index (Phi) is 4.77. The summed E-state index contributed by atoms with van der Waals surface area (Å²) in [5.74, 6) is 8.06. The Morgan fingerprint density at radius 1 is 1.20 bits per heavy atom. The van der Waals surface area contributed by atoms with Crippen LogP contribution in [0.4, 0.5) is 0 Å². The highest BCUT2D eigenvalue weighted by Gasteiger charge is 2.29. The molecular formula is C17H23NOS. The minimum absolute atomic E-state index is 0.153. The molecule has 2 saturated carbocycles. The Morgan fingerprint density at radius 2 is 1.90 bits per heavy atom. The summed E-state index contributed by atoms with van der Waals surface area (Å²) < 4.78 is 0. The Morgan fingerprint density at radius 3 is 2.50 bits per heavy atom. The summed E-state index contributed by atoms with van der Waals surface area (Å²) in [6, 6.07) is 2.22. The largest absolute Gasteiger partial charge is 0.395 e. The minimum atomic E-state index is 0.153. The van der Waals surface area contributed by atoms with Crippen LogP contribution < -0.4 is 0 Å². The van der Waals surface area contributed by atoms with Gasteiger partial charge in [0.1, 0.15) is 0 Å². The lowest BCUT2D eigenvalue weighted by atomic mass is 10.2. The molecule has 0 radical (unpaired) electrons. The summed E-state index contributed by atoms with van der Waals surface area (Å²) in [6.45, 7) is 3.83. The molecule has 20 heavy (non-hydrogen) atoms. The number of thiophene rings is 1. The van der Waals surface area contributed by atoms with Crippen LogP contribution in [-0.4, -0.2) is 29.7 Å². The average Bonchev–Trinajstić information content (AvgIpc) is 3.34. The number of nitrogens with zero attached hydrogens (tertiary/aromatic N) is 1. The predicted molar refractivity (Wildman–Crippen MR) is 83.6 cm³/mol. The topological polar surface area (TPSA) is 23.5 Å². The fourth-order valence-corrected chi connectivity index (χ4v) is 3.36. The van der Waals surface area contributed by atoms with Crippen molar-refractivity contribution in [1.82, 2.24) is 4.90 Å². The van der Waals surface area contributed by atoms with Gasteiger partial charge >= 0.3 is 0 Å². The molecule has 0 unspecified atom stereocenters. The zero-order valence-corrected chi connectivity index (χ0v) is 12.8. The van der Waals surface area contributed by atoms with Crippen LogP contribution in [0.25, 0.3) is 0 Å². The molecule has 1 heterocycles. The molecule has 3 heteroatoms. The van der Waals surface area contributed by atoms with E-state index in [0.717, 1.165) is 23.9 Å². The zero-order chi connectivity index (χ0) is 13.8. The zero-order valence-electron chi connectivity index (χ0n) is 12.0. The van der Waals surface area contributed by atoms with Crippen LogP contribution in [0.3, 0.4) is 0 Å². The first-order valence-corrected chi connectivity index (χ1v) is 8.61. The van der Waals surface area contributed by atoms with E-state index in [0.29, 0.717) is 6.42 Å². The van der Waals surface area contributed by atoms with Crippen LogP contribution in [0.1, 0.15) is 42.5 Å². The quantitative estimate of drug-likeness (QED) is 0.780. The lowest BCUT2D eigenvalue weighted by Crippen LogP contribution is -2.27. The first-order valence-electron chi connectivity index (χ1n) is 7.73. The number of hydrogen-bond acceptors (Lipinski definition) is 3. The van der Waals surface area contributed by atoms with E-state index in [-0.39, 0.29) is 6.61 Å². The van der Waals surface area contributed by atoms with Crippen molar-refractivity contribution in [3.63, 3.8) is 0 Å². The smallest absolute Gasteiger partial charge is 0.0540 e. The van der Waals surface area contributed by atoms with Crippen LogP contribution in [-0.2, 0) is 6.54 Å². The molecule has 2 aliphatic rings. The maximum atomic E-state index is 8.74. The van der Waals surface area contributed by atoms with Gasteiger partial charge in [0, 0.05) is 41.9 Å². The Bertz CT molecular complexity index is 477. The molecule has 1 aromatic rings. The first kappa shape index (κ1) is 14.1. The summed E-state index contributed by atoms with van der Waals surface area (Å²) in [5.41, 5.74) is 1.11. The molecule has 0 atom stereocenters. The Hall–Kier alpha value is -0.820. The van der Waals surface area contributed by atoms with Gasteiger partial charge in [0.05, 0.1) is 6.61 Å². The molecule has 0 bridgehead atoms. The molecular weight excluding hydrogens is 266 g/mol. The van der Waals surface area contributed by atoms with Gasteiger partial charge in [-0.25, -0.2) is 0 Å². The second kappa shape index (κ2) is 6.76. The van der Waals surface area contributed by atoms with Crippen LogP contribution >= 0.6 is 11.3 Å². The van der Waals surface area contributed by atoms with Crippen molar-refractivity contribution in [1.29, 1.82) is 0 Å². The molecule has 2 fully saturated rings. The highest BCUT2D eigenvalue weighted by molar-refractivity contribution is 7.10. The van der Waals surface area contributed by atoms with E-state index >= 15 is 0 Å². The average molecular weight is 289 g/mol. The van der Waals surface area contributed by atoms with Gasteiger partial charge in [0.25, 0.3) is 0 Å². The summed E-state index contributed by atoms with van der Waals surface area (Å²) in [4.78, 5) is 4.09. The fourth-order valence-electron chi connectivity index (χ4n) is 2.50. The summed E-state index contributed by atoms with van der Waals surface area (Å²) in [5, 5.41) is 10.9. The predicted octanol–water partition coefficient (Wildman–Crippen LogP) is 3.10. The third kappa shape index (κ3) is 4.63. The molecule has 0 saturated heterocycles. The molecule has 2 aliphatic carbocycles. The third-order valence-corrected chi connectivity index (χ3v) is 4.85. The monoisotopic (exact) mass is 289 g/mol. The van der Waals surface area contributed by atoms with Crippen molar-refractivity contribution in [2.75, 3.05) is 19.7 Å². The highest BCUT2D eigenvalue weighted by Crippen LogP contribution is 2.34. The first-order chi connectivity index (χ1) is 9.83. The van der Waals surface area contributed by atoms with Gasteiger partial charge in [0.2, 0.25) is 0 Å². The van der Waals surface area contributed by atoms with Crippen molar-refractivity contribution in [3.05, 3.63) is 21.9 Å². The summed E-state index contributed by atoms with van der Waals surface area (Å²) in [7, 11) is 0. The van der Waals surface area contributed by atoms with Gasteiger partial charge in [-0.05, 0) is 43.6 Å². The van der Waals surface area contributed by atoms with E-state index in [1.807, 2.05) is 11.3 Å². The molecule has 0 aromatic carbocycles. The number of aliphatic hydroxyl groups is 1. The normalized spacial score (nSPS) is 18.1. The van der Waals surface area contributed by atoms with Gasteiger partial charge in [0.15, 0.2) is 0 Å². The molecule has 0 spiro atoms. The number of aliphatic hydroxyl groups excluding tert-OH is 1. The molecule has 2 nitrogen and oxygen atoms in total. The molecule has 0 aliphatic heterocycles. The number of rotatable bonds is 7. The second-order valence-corrected chi connectivity index (χ2v) is 7.15. The summed E-state index contributed by atoms with van der Waals surface area (Å²) >= 11 is 1.82. The maximum absolute atomic E-state index is 8.74. The van der Waals surface area contributed by atoms with Crippen molar-refractivity contribution < 1.29 is 5.11 Å². The van der Waals surface area contributed by atoms with E-state index in [1.54, 1.807) is 0 Å². The molecule has 3 rings (SSSR count). The summed E-state index contributed by atoms with van der Waals surface area (Å²) in [6.07, 6.45) is 6.31. The van der Waals surface area contributed by atoms with Crippen molar-refractivity contribution in [3.8, 4) is 11.8 Å². The van der Waals surface area contributed by atoms with Crippen LogP contribution in [0.15, 0.2) is 11.4 Å². The van der Waals surface area contributed by atoms with Gasteiger partial charge in [-0.1, -0.05) is 11.8 Å². The van der Waals surface area contributed by atoms with E-state index < -0.39 is 0 Å².